The smallest absolute Gasteiger partial charge is 0.104 e. The minimum atomic E-state index is 0.618. The molecule has 0 bridgehead atoms. The highest BCUT2D eigenvalue weighted by Crippen LogP contribution is 2.29. The number of H-pyrrole nitrogens is 1. The number of aryl methyl sites for hydroxylation is 1. The summed E-state index contributed by atoms with van der Waals surface area (Å²) in [5.74, 6) is 0.952. The summed E-state index contributed by atoms with van der Waals surface area (Å²) in [6.07, 6.45) is 2.46. The van der Waals surface area contributed by atoms with E-state index in [1.54, 1.807) is 0 Å². The number of imidazole rings is 1. The van der Waals surface area contributed by atoms with Crippen molar-refractivity contribution in [1.82, 2.24) is 20.2 Å². The number of piperidine rings is 1. The number of hydrogen-bond donors (Lipinski definition) is 2. The van der Waals surface area contributed by atoms with Crippen LogP contribution < -0.4 is 5.32 Å². The van der Waals surface area contributed by atoms with Crippen molar-refractivity contribution < 1.29 is 0 Å². The maximum absolute atomic E-state index is 4.50. The van der Waals surface area contributed by atoms with E-state index in [4.69, 9.17) is 0 Å². The lowest BCUT2D eigenvalue weighted by atomic mass is 9.96. The van der Waals surface area contributed by atoms with Gasteiger partial charge in [-0.05, 0) is 79.9 Å². The normalized spacial score (nSPS) is 15.5. The summed E-state index contributed by atoms with van der Waals surface area (Å²) >= 11 is 0. The summed E-state index contributed by atoms with van der Waals surface area (Å²) in [7, 11) is 2.21. The molecule has 0 atom stereocenters. The average molecular weight is 411 g/mol. The SMILES string of the molecule is Cc1nc2ccc(-c3ccc(-c4ccccc4CNC4CCN(C)CC4)cc3)cc2[nH]1. The Morgan fingerprint density at radius 1 is 0.935 bits per heavy atom. The maximum atomic E-state index is 4.50. The molecule has 0 spiro atoms. The van der Waals surface area contributed by atoms with Crippen LogP contribution in [0, 0.1) is 6.92 Å². The van der Waals surface area contributed by atoms with Crippen LogP contribution in [-0.2, 0) is 6.54 Å². The molecule has 4 nitrogen and oxygen atoms in total. The second kappa shape index (κ2) is 8.66. The number of rotatable bonds is 5. The number of benzene rings is 3. The minimum absolute atomic E-state index is 0.618. The van der Waals surface area contributed by atoms with Crippen LogP contribution in [0.5, 0.6) is 0 Å². The predicted molar refractivity (Wildman–Crippen MR) is 129 cm³/mol. The first-order valence-corrected chi connectivity index (χ1v) is 11.2. The van der Waals surface area contributed by atoms with Crippen LogP contribution in [0.1, 0.15) is 24.2 Å². The van der Waals surface area contributed by atoms with Gasteiger partial charge in [0.25, 0.3) is 0 Å². The van der Waals surface area contributed by atoms with E-state index in [0.29, 0.717) is 6.04 Å². The Morgan fingerprint density at radius 2 is 1.65 bits per heavy atom. The Morgan fingerprint density at radius 3 is 2.45 bits per heavy atom. The largest absolute Gasteiger partial charge is 0.342 e. The molecular weight excluding hydrogens is 380 g/mol. The lowest BCUT2D eigenvalue weighted by molar-refractivity contribution is 0.234. The first kappa shape index (κ1) is 20.0. The van der Waals surface area contributed by atoms with Crippen molar-refractivity contribution >= 4 is 11.0 Å². The minimum Gasteiger partial charge on any atom is -0.342 e. The zero-order chi connectivity index (χ0) is 21.2. The summed E-state index contributed by atoms with van der Waals surface area (Å²) in [5, 5.41) is 3.79. The van der Waals surface area contributed by atoms with E-state index < -0.39 is 0 Å². The summed E-state index contributed by atoms with van der Waals surface area (Å²) < 4.78 is 0. The van der Waals surface area contributed by atoms with Crippen LogP contribution in [0.15, 0.2) is 66.7 Å². The zero-order valence-corrected chi connectivity index (χ0v) is 18.4. The Hall–Kier alpha value is -2.95. The average Bonchev–Trinajstić information content (AvgIpc) is 3.18. The first-order chi connectivity index (χ1) is 15.2. The standard InChI is InChI=1S/C27H30N4/c1-19-29-26-12-11-22(17-27(26)30-19)20-7-9-21(10-8-20)25-6-4-3-5-23(25)18-28-24-13-15-31(2)16-14-24/h3-12,17,24,28H,13-16,18H2,1-2H3,(H,29,30). The van der Waals surface area contributed by atoms with Crippen LogP contribution in [0.4, 0.5) is 0 Å². The van der Waals surface area contributed by atoms with Gasteiger partial charge in [-0.1, -0.05) is 54.6 Å². The van der Waals surface area contributed by atoms with Crippen molar-refractivity contribution in [2.75, 3.05) is 20.1 Å². The van der Waals surface area contributed by atoms with Gasteiger partial charge in [0.15, 0.2) is 0 Å². The number of hydrogen-bond acceptors (Lipinski definition) is 3. The van der Waals surface area contributed by atoms with Crippen molar-refractivity contribution in [2.45, 2.75) is 32.4 Å². The van der Waals surface area contributed by atoms with Crippen molar-refractivity contribution in [3.05, 3.63) is 78.1 Å². The highest BCUT2D eigenvalue weighted by atomic mass is 15.1. The molecule has 0 amide bonds. The lowest BCUT2D eigenvalue weighted by Gasteiger charge is -2.29. The molecule has 0 aliphatic carbocycles. The van der Waals surface area contributed by atoms with Crippen molar-refractivity contribution in [1.29, 1.82) is 0 Å². The third-order valence-electron chi connectivity index (χ3n) is 6.45. The Kier molecular flexibility index (Phi) is 5.58. The molecule has 0 unspecified atom stereocenters. The topological polar surface area (TPSA) is 44.0 Å². The number of nitrogens with one attached hydrogen (secondary N) is 2. The summed E-state index contributed by atoms with van der Waals surface area (Å²) in [5.41, 5.74) is 8.48. The molecule has 1 fully saturated rings. The molecule has 2 heterocycles. The van der Waals surface area contributed by atoms with Crippen LogP contribution >= 0.6 is 0 Å². The van der Waals surface area contributed by atoms with Crippen LogP contribution in [0.25, 0.3) is 33.3 Å². The highest BCUT2D eigenvalue weighted by molar-refractivity contribution is 5.82. The fraction of sp³-hybridized carbons (Fsp3) is 0.296. The quantitative estimate of drug-likeness (QED) is 0.464. The van der Waals surface area contributed by atoms with Gasteiger partial charge in [-0.2, -0.15) is 0 Å². The molecule has 158 valence electrons. The van der Waals surface area contributed by atoms with E-state index in [9.17, 15) is 0 Å². The van der Waals surface area contributed by atoms with Crippen LogP contribution in [0.3, 0.4) is 0 Å². The molecule has 1 aliphatic rings. The molecule has 1 saturated heterocycles. The van der Waals surface area contributed by atoms with Gasteiger partial charge in [0.05, 0.1) is 11.0 Å². The number of likely N-dealkylation sites (tertiary alicyclic amines) is 1. The Bertz CT molecular complexity index is 1170. The molecular formula is C27H30N4. The van der Waals surface area contributed by atoms with Gasteiger partial charge < -0.3 is 15.2 Å². The third-order valence-corrected chi connectivity index (χ3v) is 6.45. The van der Waals surface area contributed by atoms with Crippen LogP contribution in [-0.4, -0.2) is 41.0 Å². The third kappa shape index (κ3) is 4.41. The van der Waals surface area contributed by atoms with Crippen molar-refractivity contribution in [2.24, 2.45) is 0 Å². The van der Waals surface area contributed by atoms with Gasteiger partial charge in [0.2, 0.25) is 0 Å². The number of aromatic amines is 1. The fourth-order valence-corrected chi connectivity index (χ4v) is 4.58. The van der Waals surface area contributed by atoms with Gasteiger partial charge in [0, 0.05) is 12.6 Å². The zero-order valence-electron chi connectivity index (χ0n) is 18.4. The van der Waals surface area contributed by atoms with Crippen molar-refractivity contribution in [3.8, 4) is 22.3 Å². The monoisotopic (exact) mass is 410 g/mol. The van der Waals surface area contributed by atoms with Crippen molar-refractivity contribution in [3.63, 3.8) is 0 Å². The van der Waals surface area contributed by atoms with Gasteiger partial charge in [-0.25, -0.2) is 4.98 Å². The lowest BCUT2D eigenvalue weighted by Crippen LogP contribution is -2.40. The second-order valence-electron chi connectivity index (χ2n) is 8.75. The van der Waals surface area contributed by atoms with E-state index in [0.717, 1.165) is 23.4 Å². The molecule has 1 aliphatic heterocycles. The maximum Gasteiger partial charge on any atom is 0.104 e. The number of aromatic nitrogens is 2. The molecule has 4 aromatic rings. The number of fused-ring (bicyclic) bond motifs is 1. The molecule has 4 heteroatoms. The molecule has 0 saturated carbocycles. The van der Waals surface area contributed by atoms with Gasteiger partial charge in [-0.3, -0.25) is 0 Å². The molecule has 3 aromatic carbocycles. The number of nitrogens with zero attached hydrogens (tertiary/aromatic N) is 2. The van der Waals surface area contributed by atoms with E-state index in [1.807, 2.05) is 6.92 Å². The van der Waals surface area contributed by atoms with E-state index >= 15 is 0 Å². The van der Waals surface area contributed by atoms with Gasteiger partial charge >= 0.3 is 0 Å². The Balaban J connectivity index is 1.34. The van der Waals surface area contributed by atoms with Gasteiger partial charge in [-0.15, -0.1) is 0 Å². The van der Waals surface area contributed by atoms with Gasteiger partial charge in [0.1, 0.15) is 5.82 Å². The second-order valence-corrected chi connectivity index (χ2v) is 8.75. The molecule has 1 aromatic heterocycles. The van der Waals surface area contributed by atoms with E-state index in [1.165, 1.54) is 53.7 Å². The summed E-state index contributed by atoms with van der Waals surface area (Å²) in [6.45, 7) is 5.28. The highest BCUT2D eigenvalue weighted by Gasteiger charge is 2.16. The van der Waals surface area contributed by atoms with E-state index in [-0.39, 0.29) is 0 Å². The first-order valence-electron chi connectivity index (χ1n) is 11.2. The van der Waals surface area contributed by atoms with E-state index in [2.05, 4.69) is 94.0 Å². The molecule has 31 heavy (non-hydrogen) atoms. The summed E-state index contributed by atoms with van der Waals surface area (Å²) in [6, 6.07) is 24.7. The fourth-order valence-electron chi connectivity index (χ4n) is 4.58. The predicted octanol–water partition coefficient (Wildman–Crippen LogP) is 5.39. The summed E-state index contributed by atoms with van der Waals surface area (Å²) in [4.78, 5) is 10.3. The van der Waals surface area contributed by atoms with Crippen LogP contribution in [0.2, 0.25) is 0 Å². The Labute approximate surface area is 184 Å². The molecule has 0 radical (unpaired) electrons. The molecule has 5 rings (SSSR count). The molecule has 2 N–H and O–H groups in total.